The Morgan fingerprint density at radius 1 is 1.53 bits per heavy atom. The molecule has 0 bridgehead atoms. The fourth-order valence-corrected chi connectivity index (χ4v) is 2.16. The van der Waals surface area contributed by atoms with Crippen LogP contribution in [0, 0.1) is 5.41 Å². The third kappa shape index (κ3) is 3.66. The molecule has 1 saturated heterocycles. The fraction of sp³-hybridized carbons (Fsp3) is 0.917. The van der Waals surface area contributed by atoms with E-state index in [0.717, 1.165) is 6.42 Å². The number of nitrogens with one attached hydrogen (secondary N) is 1. The molecular formula is C12H24N2O3. The predicted octanol–water partition coefficient (Wildman–Crippen LogP) is 0.0191. The summed E-state index contributed by atoms with van der Waals surface area (Å²) in [4.78, 5) is 12.3. The highest BCUT2D eigenvalue weighted by atomic mass is 16.5. The minimum Gasteiger partial charge on any atom is -0.396 e. The summed E-state index contributed by atoms with van der Waals surface area (Å²) in [5.41, 5.74) is 5.29. The van der Waals surface area contributed by atoms with Crippen molar-refractivity contribution < 1.29 is 14.6 Å². The van der Waals surface area contributed by atoms with Gasteiger partial charge in [-0.15, -0.1) is 0 Å². The van der Waals surface area contributed by atoms with Crippen LogP contribution in [-0.4, -0.2) is 43.4 Å². The fourth-order valence-electron chi connectivity index (χ4n) is 2.16. The third-order valence-electron chi connectivity index (χ3n) is 3.63. The summed E-state index contributed by atoms with van der Waals surface area (Å²) in [6, 6.07) is 0.0405. The number of hydrogen-bond acceptors (Lipinski definition) is 4. The number of aliphatic hydroxyl groups excluding tert-OH is 1. The molecule has 1 heterocycles. The molecule has 0 aromatic rings. The van der Waals surface area contributed by atoms with Crippen LogP contribution in [0.15, 0.2) is 0 Å². The number of ether oxygens (including phenoxy) is 1. The zero-order chi connectivity index (χ0) is 12.7. The molecule has 100 valence electrons. The van der Waals surface area contributed by atoms with Gasteiger partial charge in [-0.2, -0.15) is 0 Å². The molecule has 0 aliphatic carbocycles. The van der Waals surface area contributed by atoms with E-state index in [1.165, 1.54) is 0 Å². The zero-order valence-electron chi connectivity index (χ0n) is 10.6. The van der Waals surface area contributed by atoms with E-state index in [4.69, 9.17) is 15.6 Å². The average molecular weight is 244 g/mol. The second kappa shape index (κ2) is 6.93. The van der Waals surface area contributed by atoms with Crippen molar-refractivity contribution in [2.24, 2.45) is 11.1 Å². The van der Waals surface area contributed by atoms with Gasteiger partial charge in [0.15, 0.2) is 0 Å². The Morgan fingerprint density at radius 2 is 2.18 bits per heavy atom. The van der Waals surface area contributed by atoms with Gasteiger partial charge in [-0.3, -0.25) is 4.79 Å². The van der Waals surface area contributed by atoms with Crippen LogP contribution < -0.4 is 11.1 Å². The summed E-state index contributed by atoms with van der Waals surface area (Å²) >= 11 is 0. The second-order valence-corrected chi connectivity index (χ2v) is 4.69. The van der Waals surface area contributed by atoms with Crippen LogP contribution in [0.2, 0.25) is 0 Å². The minimum atomic E-state index is -0.471. The van der Waals surface area contributed by atoms with Crippen LogP contribution in [0.4, 0.5) is 0 Å². The molecule has 4 N–H and O–H groups in total. The largest absolute Gasteiger partial charge is 0.396 e. The van der Waals surface area contributed by atoms with Crippen LogP contribution >= 0.6 is 0 Å². The summed E-state index contributed by atoms with van der Waals surface area (Å²) in [6.07, 6.45) is 2.79. The van der Waals surface area contributed by atoms with Gasteiger partial charge in [0.1, 0.15) is 0 Å². The van der Waals surface area contributed by atoms with Gasteiger partial charge < -0.3 is 20.9 Å². The van der Waals surface area contributed by atoms with Crippen molar-refractivity contribution in [3.05, 3.63) is 0 Å². The summed E-state index contributed by atoms with van der Waals surface area (Å²) in [5.74, 6) is 0.0172. The monoisotopic (exact) mass is 244 g/mol. The predicted molar refractivity (Wildman–Crippen MR) is 65.5 cm³/mol. The van der Waals surface area contributed by atoms with Crippen molar-refractivity contribution in [2.75, 3.05) is 26.4 Å². The molecule has 0 aromatic heterocycles. The first-order chi connectivity index (χ1) is 8.18. The van der Waals surface area contributed by atoms with Gasteiger partial charge in [0, 0.05) is 32.4 Å². The highest BCUT2D eigenvalue weighted by molar-refractivity contribution is 5.83. The maximum atomic E-state index is 12.3. The van der Waals surface area contributed by atoms with E-state index in [0.29, 0.717) is 39.0 Å². The molecule has 0 saturated carbocycles. The summed E-state index contributed by atoms with van der Waals surface area (Å²) in [5, 5.41) is 11.9. The lowest BCUT2D eigenvalue weighted by molar-refractivity contribution is -0.136. The van der Waals surface area contributed by atoms with Gasteiger partial charge in [-0.1, -0.05) is 6.92 Å². The quantitative estimate of drug-likeness (QED) is 0.615. The number of carbonyl (C=O) groups excluding carboxylic acids is 1. The summed E-state index contributed by atoms with van der Waals surface area (Å²) in [6.45, 7) is 3.65. The molecule has 5 nitrogen and oxygen atoms in total. The molecule has 1 aliphatic rings. The molecule has 1 amide bonds. The van der Waals surface area contributed by atoms with Crippen molar-refractivity contribution >= 4 is 5.91 Å². The molecule has 1 aliphatic heterocycles. The van der Waals surface area contributed by atoms with Crippen LogP contribution in [0.3, 0.4) is 0 Å². The van der Waals surface area contributed by atoms with E-state index >= 15 is 0 Å². The van der Waals surface area contributed by atoms with Gasteiger partial charge in [-0.05, 0) is 25.7 Å². The van der Waals surface area contributed by atoms with Crippen LogP contribution in [0.25, 0.3) is 0 Å². The maximum absolute atomic E-state index is 12.3. The van der Waals surface area contributed by atoms with Crippen molar-refractivity contribution in [1.82, 2.24) is 5.32 Å². The molecule has 0 aromatic carbocycles. The maximum Gasteiger partial charge on any atom is 0.227 e. The molecule has 1 atom stereocenters. The summed E-state index contributed by atoms with van der Waals surface area (Å²) in [7, 11) is 0. The van der Waals surface area contributed by atoms with Crippen molar-refractivity contribution in [1.29, 1.82) is 0 Å². The van der Waals surface area contributed by atoms with Gasteiger partial charge in [0.2, 0.25) is 5.91 Å². The Bertz CT molecular complexity index is 240. The van der Waals surface area contributed by atoms with Crippen LogP contribution in [0.5, 0.6) is 0 Å². The molecule has 5 heteroatoms. The minimum absolute atomic E-state index is 0.0172. The Hall–Kier alpha value is -0.650. The number of aliphatic hydroxyl groups is 1. The second-order valence-electron chi connectivity index (χ2n) is 4.69. The lowest BCUT2D eigenvalue weighted by atomic mass is 9.79. The normalized spacial score (nSPS) is 20.9. The average Bonchev–Trinajstić information content (AvgIpc) is 2.38. The van der Waals surface area contributed by atoms with Crippen molar-refractivity contribution in [3.63, 3.8) is 0 Å². The number of amides is 1. The smallest absolute Gasteiger partial charge is 0.227 e. The molecule has 1 unspecified atom stereocenters. The van der Waals surface area contributed by atoms with Crippen molar-refractivity contribution in [3.8, 4) is 0 Å². The molecule has 17 heavy (non-hydrogen) atoms. The topological polar surface area (TPSA) is 84.6 Å². The van der Waals surface area contributed by atoms with Crippen molar-refractivity contribution in [2.45, 2.75) is 38.6 Å². The van der Waals surface area contributed by atoms with E-state index in [1.54, 1.807) is 0 Å². The Morgan fingerprint density at radius 3 is 2.65 bits per heavy atom. The molecule has 1 rings (SSSR count). The van der Waals surface area contributed by atoms with Gasteiger partial charge in [0.25, 0.3) is 0 Å². The molecule has 1 fully saturated rings. The number of rotatable bonds is 6. The van der Waals surface area contributed by atoms with E-state index in [2.05, 4.69) is 5.32 Å². The standard InChI is InChI=1S/C12H24N2O3/c1-2-10(3-6-15)14-11(16)12(9-13)4-7-17-8-5-12/h10,15H,2-9,13H2,1H3,(H,14,16). The lowest BCUT2D eigenvalue weighted by Crippen LogP contribution is -2.51. The molecule has 0 radical (unpaired) electrons. The number of hydrogen-bond donors (Lipinski definition) is 3. The third-order valence-corrected chi connectivity index (χ3v) is 3.63. The number of carbonyl (C=O) groups is 1. The Labute approximate surface area is 103 Å². The van der Waals surface area contributed by atoms with Gasteiger partial charge in [0.05, 0.1) is 5.41 Å². The molecular weight excluding hydrogens is 220 g/mol. The Balaban J connectivity index is 2.58. The first-order valence-corrected chi connectivity index (χ1v) is 6.38. The number of nitrogens with two attached hydrogens (primary N) is 1. The van der Waals surface area contributed by atoms with E-state index in [-0.39, 0.29) is 18.6 Å². The van der Waals surface area contributed by atoms with E-state index in [9.17, 15) is 4.79 Å². The van der Waals surface area contributed by atoms with Gasteiger partial charge >= 0.3 is 0 Å². The van der Waals surface area contributed by atoms with Crippen LogP contribution in [-0.2, 0) is 9.53 Å². The summed E-state index contributed by atoms with van der Waals surface area (Å²) < 4.78 is 5.28. The Kier molecular flexibility index (Phi) is 5.88. The van der Waals surface area contributed by atoms with Gasteiger partial charge in [-0.25, -0.2) is 0 Å². The highest BCUT2D eigenvalue weighted by Crippen LogP contribution is 2.29. The lowest BCUT2D eigenvalue weighted by Gasteiger charge is -2.35. The molecule has 0 spiro atoms. The SMILES string of the molecule is CCC(CCO)NC(=O)C1(CN)CCOCC1. The first kappa shape index (κ1) is 14.4. The van der Waals surface area contributed by atoms with E-state index < -0.39 is 5.41 Å². The highest BCUT2D eigenvalue weighted by Gasteiger charge is 2.39. The van der Waals surface area contributed by atoms with E-state index in [1.807, 2.05) is 6.92 Å². The first-order valence-electron chi connectivity index (χ1n) is 6.38. The van der Waals surface area contributed by atoms with Crippen LogP contribution in [0.1, 0.15) is 32.6 Å². The zero-order valence-corrected chi connectivity index (χ0v) is 10.6.